The Morgan fingerprint density at radius 2 is 1.19 bits per heavy atom. The number of nitrogens with two attached hydrogens (primary N) is 1. The molecule has 0 aliphatic heterocycles. The van der Waals surface area contributed by atoms with Crippen LogP contribution in [-0.4, -0.2) is 39.7 Å². The number of nitrogens with zero attached hydrogens (tertiary/aromatic N) is 2. The van der Waals surface area contributed by atoms with Gasteiger partial charge in [0.1, 0.15) is 30.5 Å². The largest absolute Gasteiger partial charge is 0.508 e. The first-order valence-electron chi connectivity index (χ1n) is 13.4. The number of carbonyl (C=O) groups excluding carboxylic acids is 2. The molecule has 0 radical (unpaired) electrons. The average Bonchev–Trinajstić information content (AvgIpc) is 3.90. The van der Waals surface area contributed by atoms with Crippen molar-refractivity contribution >= 4 is 28.6 Å². The third kappa shape index (κ3) is 12.5. The van der Waals surface area contributed by atoms with Crippen molar-refractivity contribution in [3.05, 3.63) is 93.0 Å². The number of nitro benzene ring substituents is 2. The number of carbonyl (C=O) groups is 2. The van der Waals surface area contributed by atoms with Gasteiger partial charge in [0.2, 0.25) is 0 Å². The second-order valence-electron chi connectivity index (χ2n) is 10.1. The van der Waals surface area contributed by atoms with Crippen molar-refractivity contribution in [1.29, 1.82) is 0 Å². The second kappa shape index (κ2) is 15.7. The van der Waals surface area contributed by atoms with Gasteiger partial charge in [0.15, 0.2) is 11.6 Å². The van der Waals surface area contributed by atoms with Gasteiger partial charge in [-0.1, -0.05) is 18.2 Å². The summed E-state index contributed by atoms with van der Waals surface area (Å²) in [6, 6.07) is 18.2. The van der Waals surface area contributed by atoms with Gasteiger partial charge in [0.25, 0.3) is 11.4 Å². The minimum Gasteiger partial charge on any atom is -0.508 e. The van der Waals surface area contributed by atoms with Crippen LogP contribution in [0.15, 0.2) is 72.8 Å². The average molecular weight is 580 g/mol. The molecule has 0 spiro atoms. The number of non-ortho nitro benzene ring substituents is 2. The molecule has 0 heterocycles. The molecule has 3 aromatic rings. The van der Waals surface area contributed by atoms with Crippen LogP contribution in [0.5, 0.6) is 17.2 Å². The molecular weight excluding hydrogens is 546 g/mol. The van der Waals surface area contributed by atoms with E-state index in [-0.39, 0.29) is 41.9 Å². The Morgan fingerprint density at radius 1 is 0.738 bits per heavy atom. The Kier molecular flexibility index (Phi) is 11.8. The summed E-state index contributed by atoms with van der Waals surface area (Å²) in [6.45, 7) is 0.164. The minimum absolute atomic E-state index is 0.00231. The van der Waals surface area contributed by atoms with Crippen LogP contribution in [0.25, 0.3) is 0 Å². The lowest BCUT2D eigenvalue weighted by Crippen LogP contribution is -2.11. The monoisotopic (exact) mass is 579 g/mol. The highest BCUT2D eigenvalue weighted by Crippen LogP contribution is 2.33. The number of benzene rings is 3. The molecule has 0 aromatic heterocycles. The first-order valence-corrected chi connectivity index (χ1v) is 13.4. The Bertz CT molecular complexity index is 1390. The maximum atomic E-state index is 11.4. The predicted molar refractivity (Wildman–Crippen MR) is 154 cm³/mol. The zero-order valence-electron chi connectivity index (χ0n) is 22.9. The number of phenolic OH excluding ortho intramolecular Hbond substituents is 1. The molecule has 2 aliphatic rings. The van der Waals surface area contributed by atoms with Gasteiger partial charge in [-0.15, -0.1) is 0 Å². The molecule has 2 fully saturated rings. The van der Waals surface area contributed by atoms with Crippen LogP contribution in [-0.2, 0) is 9.59 Å². The van der Waals surface area contributed by atoms with Crippen molar-refractivity contribution in [3.63, 3.8) is 0 Å². The number of Topliss-reactive ketones (excluding diaryl/α,β-unsaturated/α-hetero) is 2. The normalized spacial score (nSPS) is 13.3. The highest BCUT2D eigenvalue weighted by molar-refractivity contribution is 5.80. The number of aromatic hydroxyl groups is 1. The molecule has 12 nitrogen and oxygen atoms in total. The Hall–Kier alpha value is -5.00. The van der Waals surface area contributed by atoms with E-state index in [0.717, 1.165) is 18.9 Å². The molecule has 0 amide bonds. The van der Waals surface area contributed by atoms with Gasteiger partial charge in [-0.05, 0) is 61.8 Å². The van der Waals surface area contributed by atoms with Gasteiger partial charge in [0, 0.05) is 36.7 Å². The Morgan fingerprint density at radius 3 is 1.62 bits per heavy atom. The number of rotatable bonds is 12. The third-order valence-electron chi connectivity index (χ3n) is 6.15. The maximum absolute atomic E-state index is 11.4. The van der Waals surface area contributed by atoms with E-state index in [1.54, 1.807) is 30.3 Å². The van der Waals surface area contributed by atoms with Crippen LogP contribution >= 0.6 is 0 Å². The first kappa shape index (κ1) is 31.5. The van der Waals surface area contributed by atoms with Crippen LogP contribution in [0.3, 0.4) is 0 Å². The number of hydrogen-bond acceptors (Lipinski definition) is 10. The van der Waals surface area contributed by atoms with Crippen molar-refractivity contribution in [2.75, 3.05) is 18.9 Å². The van der Waals surface area contributed by atoms with Crippen molar-refractivity contribution in [1.82, 2.24) is 0 Å². The van der Waals surface area contributed by atoms with E-state index in [2.05, 4.69) is 0 Å². The molecule has 222 valence electrons. The lowest BCUT2D eigenvalue weighted by Gasteiger charge is -2.05. The van der Waals surface area contributed by atoms with Gasteiger partial charge in [0.05, 0.1) is 22.0 Å². The van der Waals surface area contributed by atoms with E-state index >= 15 is 0 Å². The summed E-state index contributed by atoms with van der Waals surface area (Å²) in [5.41, 5.74) is 6.12. The van der Waals surface area contributed by atoms with Crippen molar-refractivity contribution in [3.8, 4) is 17.2 Å². The fourth-order valence-electron chi connectivity index (χ4n) is 3.63. The van der Waals surface area contributed by atoms with Crippen molar-refractivity contribution < 1.29 is 34.0 Å². The molecule has 0 saturated heterocycles. The Balaban J connectivity index is 0.000000179. The molecule has 0 bridgehead atoms. The molecule has 2 aliphatic carbocycles. The van der Waals surface area contributed by atoms with Crippen molar-refractivity contribution in [2.45, 2.75) is 38.5 Å². The van der Waals surface area contributed by atoms with E-state index in [1.165, 1.54) is 43.2 Å². The summed E-state index contributed by atoms with van der Waals surface area (Å²) in [5, 5.41) is 29.3. The molecule has 12 heteroatoms. The quantitative estimate of drug-likeness (QED) is 0.154. The van der Waals surface area contributed by atoms with Crippen LogP contribution < -0.4 is 15.2 Å². The molecular formula is C30H33N3O9. The first-order chi connectivity index (χ1) is 20.1. The van der Waals surface area contributed by atoms with E-state index in [9.17, 15) is 29.8 Å². The summed E-state index contributed by atoms with van der Waals surface area (Å²) in [7, 11) is 0. The van der Waals surface area contributed by atoms with Crippen LogP contribution in [0.1, 0.15) is 38.5 Å². The second-order valence-corrected chi connectivity index (χ2v) is 10.1. The number of hydrogen-bond donors (Lipinski definition) is 2. The SMILES string of the molecule is Nc1cccc(OCC(=O)CC2CC2)c1.O=C(COc1cccc([N+](=O)[O-])c1)CC1CC1.O=[N+]([O-])c1cccc(O)c1. The van der Waals surface area contributed by atoms with E-state index in [1.807, 2.05) is 6.07 Å². The summed E-state index contributed by atoms with van der Waals surface area (Å²) in [5.74, 6) is 2.34. The number of nitrogen functional groups attached to an aromatic ring is 1. The lowest BCUT2D eigenvalue weighted by atomic mass is 10.2. The van der Waals surface area contributed by atoms with Gasteiger partial charge in [-0.3, -0.25) is 29.8 Å². The zero-order chi connectivity index (χ0) is 30.5. The van der Waals surface area contributed by atoms with Crippen LogP contribution in [0.2, 0.25) is 0 Å². The van der Waals surface area contributed by atoms with E-state index < -0.39 is 9.85 Å². The van der Waals surface area contributed by atoms with Gasteiger partial charge in [-0.2, -0.15) is 0 Å². The molecule has 5 rings (SSSR count). The number of ether oxygens (including phenoxy) is 2. The summed E-state index contributed by atoms with van der Waals surface area (Å²) in [4.78, 5) is 42.4. The third-order valence-corrected chi connectivity index (χ3v) is 6.15. The molecule has 0 unspecified atom stereocenters. The molecule has 42 heavy (non-hydrogen) atoms. The molecule has 0 atom stereocenters. The summed E-state index contributed by atoms with van der Waals surface area (Å²) < 4.78 is 10.6. The number of nitro groups is 2. The minimum atomic E-state index is -0.556. The number of ketones is 2. The fraction of sp³-hybridized carbons (Fsp3) is 0.333. The summed E-state index contributed by atoms with van der Waals surface area (Å²) in [6.07, 6.45) is 5.89. The zero-order valence-corrected chi connectivity index (χ0v) is 22.9. The smallest absolute Gasteiger partial charge is 0.273 e. The van der Waals surface area contributed by atoms with E-state index in [0.29, 0.717) is 41.9 Å². The number of anilines is 1. The van der Waals surface area contributed by atoms with Crippen LogP contribution in [0.4, 0.5) is 17.1 Å². The van der Waals surface area contributed by atoms with Crippen molar-refractivity contribution in [2.24, 2.45) is 11.8 Å². The molecule has 2 saturated carbocycles. The fourth-order valence-corrected chi connectivity index (χ4v) is 3.63. The predicted octanol–water partition coefficient (Wildman–Crippen LogP) is 5.66. The maximum Gasteiger partial charge on any atom is 0.273 e. The topological polar surface area (TPSA) is 185 Å². The van der Waals surface area contributed by atoms with Gasteiger partial charge in [-0.25, -0.2) is 0 Å². The standard InChI is InChI=1S/C12H13NO4.C12H15NO2.C6H5NO3/c14-11(6-9-4-5-9)8-17-12-3-1-2-10(7-12)13(15)16;13-10-2-1-3-12(7-10)15-8-11(14)6-9-4-5-9;8-6-3-1-2-5(4-6)7(9)10/h1-3,7,9H,4-6,8H2;1-3,7,9H,4-6,8,13H2;1-4,8H. The summed E-state index contributed by atoms with van der Waals surface area (Å²) >= 11 is 0. The number of phenols is 1. The van der Waals surface area contributed by atoms with Gasteiger partial charge < -0.3 is 20.3 Å². The lowest BCUT2D eigenvalue weighted by molar-refractivity contribution is -0.385. The highest BCUT2D eigenvalue weighted by Gasteiger charge is 2.25. The molecule has 3 N–H and O–H groups in total. The Labute approximate surface area is 242 Å². The van der Waals surface area contributed by atoms with Crippen LogP contribution in [0, 0.1) is 32.1 Å². The van der Waals surface area contributed by atoms with E-state index in [4.69, 9.17) is 20.3 Å². The van der Waals surface area contributed by atoms with Gasteiger partial charge >= 0.3 is 0 Å². The molecule has 3 aromatic carbocycles. The highest BCUT2D eigenvalue weighted by atomic mass is 16.6.